The molecule has 1 atom stereocenters. The maximum Gasteiger partial charge on any atom is 0.142 e. The van der Waals surface area contributed by atoms with Crippen LogP contribution in [0.2, 0.25) is 0 Å². The minimum atomic E-state index is 0.182. The molecule has 0 bridgehead atoms. The van der Waals surface area contributed by atoms with Crippen molar-refractivity contribution in [1.29, 1.82) is 0 Å². The van der Waals surface area contributed by atoms with Gasteiger partial charge in [-0.1, -0.05) is 83.7 Å². The molecule has 1 heterocycles. The summed E-state index contributed by atoms with van der Waals surface area (Å²) in [6.45, 7) is 8.94. The second-order valence-corrected chi connectivity index (χ2v) is 6.87. The van der Waals surface area contributed by atoms with Crippen LogP contribution in [-0.2, 0) is 5.41 Å². The lowest BCUT2D eigenvalue weighted by molar-refractivity contribution is 0.262. The molecule has 0 fully saturated rings. The molecule has 0 N–H and O–H groups in total. The molecule has 1 unspecified atom stereocenters. The molecule has 0 saturated carbocycles. The quantitative estimate of drug-likeness (QED) is 0.407. The maximum absolute atomic E-state index is 5.61. The van der Waals surface area contributed by atoms with Gasteiger partial charge < -0.3 is 4.52 Å². The Bertz CT molecular complexity index is 371. The van der Waals surface area contributed by atoms with Gasteiger partial charge in [-0.2, -0.15) is 0 Å². The van der Waals surface area contributed by atoms with E-state index in [9.17, 15) is 0 Å². The molecule has 1 aromatic rings. The third-order valence-corrected chi connectivity index (χ3v) is 4.64. The summed E-state index contributed by atoms with van der Waals surface area (Å²) in [4.78, 5) is 0. The summed E-state index contributed by atoms with van der Waals surface area (Å²) in [6.07, 6.45) is 14.5. The maximum atomic E-state index is 5.61. The standard InChI is InChI=1S/C19H35NO/c1-5-7-9-11-13-15-19(4,14-12-10-8-6-2)18-16-17(3)20-21-18/h16H,5-15H2,1-4H3. The average Bonchev–Trinajstić information content (AvgIpc) is 2.91. The van der Waals surface area contributed by atoms with Crippen LogP contribution in [0.4, 0.5) is 0 Å². The molecule has 2 nitrogen and oxygen atoms in total. The van der Waals surface area contributed by atoms with Crippen LogP contribution in [-0.4, -0.2) is 5.16 Å². The normalized spacial score (nSPS) is 14.3. The zero-order valence-electron chi connectivity index (χ0n) is 14.7. The lowest BCUT2D eigenvalue weighted by Gasteiger charge is -2.27. The number of rotatable bonds is 12. The highest BCUT2D eigenvalue weighted by molar-refractivity contribution is 5.14. The molecule has 122 valence electrons. The van der Waals surface area contributed by atoms with Crippen LogP contribution >= 0.6 is 0 Å². The number of aromatic nitrogens is 1. The summed E-state index contributed by atoms with van der Waals surface area (Å²) in [5.74, 6) is 1.10. The summed E-state index contributed by atoms with van der Waals surface area (Å²) in [7, 11) is 0. The Labute approximate surface area is 131 Å². The first kappa shape index (κ1) is 18.3. The minimum absolute atomic E-state index is 0.182. The Morgan fingerprint density at radius 2 is 1.43 bits per heavy atom. The summed E-state index contributed by atoms with van der Waals surface area (Å²) in [5.41, 5.74) is 1.19. The first-order valence-corrected chi connectivity index (χ1v) is 9.06. The van der Waals surface area contributed by atoms with Crippen LogP contribution in [0, 0.1) is 6.92 Å². The Hall–Kier alpha value is -0.790. The van der Waals surface area contributed by atoms with Crippen molar-refractivity contribution in [3.05, 3.63) is 17.5 Å². The molecule has 0 aromatic carbocycles. The van der Waals surface area contributed by atoms with Crippen molar-refractivity contribution in [1.82, 2.24) is 5.16 Å². The van der Waals surface area contributed by atoms with Crippen molar-refractivity contribution in [2.75, 3.05) is 0 Å². The molecule has 21 heavy (non-hydrogen) atoms. The van der Waals surface area contributed by atoms with Gasteiger partial charge in [0.05, 0.1) is 5.69 Å². The van der Waals surface area contributed by atoms with Gasteiger partial charge >= 0.3 is 0 Å². The number of hydrogen-bond donors (Lipinski definition) is 0. The van der Waals surface area contributed by atoms with E-state index in [1.165, 1.54) is 70.6 Å². The van der Waals surface area contributed by atoms with Gasteiger partial charge in [-0.25, -0.2) is 0 Å². The van der Waals surface area contributed by atoms with Crippen molar-refractivity contribution < 1.29 is 4.52 Å². The highest BCUT2D eigenvalue weighted by Crippen LogP contribution is 2.35. The Morgan fingerprint density at radius 3 is 1.90 bits per heavy atom. The van der Waals surface area contributed by atoms with Gasteiger partial charge in [0.2, 0.25) is 0 Å². The molecule has 0 saturated heterocycles. The molecule has 0 radical (unpaired) electrons. The van der Waals surface area contributed by atoms with Crippen LogP contribution in [0.5, 0.6) is 0 Å². The van der Waals surface area contributed by atoms with Gasteiger partial charge in [0.1, 0.15) is 5.76 Å². The van der Waals surface area contributed by atoms with Crippen LogP contribution in [0.15, 0.2) is 10.6 Å². The fraction of sp³-hybridized carbons (Fsp3) is 0.842. The Morgan fingerprint density at radius 1 is 0.905 bits per heavy atom. The zero-order valence-corrected chi connectivity index (χ0v) is 14.7. The third-order valence-electron chi connectivity index (χ3n) is 4.64. The summed E-state index contributed by atoms with van der Waals surface area (Å²) in [5, 5.41) is 4.11. The first-order valence-electron chi connectivity index (χ1n) is 9.06. The molecule has 1 rings (SSSR count). The van der Waals surface area contributed by atoms with Gasteiger partial charge in [0, 0.05) is 11.5 Å². The van der Waals surface area contributed by atoms with Crippen LogP contribution in [0.25, 0.3) is 0 Å². The van der Waals surface area contributed by atoms with Gasteiger partial charge in [0.15, 0.2) is 0 Å². The fourth-order valence-corrected chi connectivity index (χ4v) is 3.08. The lowest BCUT2D eigenvalue weighted by Crippen LogP contribution is -2.21. The van der Waals surface area contributed by atoms with Crippen molar-refractivity contribution in [3.8, 4) is 0 Å². The van der Waals surface area contributed by atoms with Crippen molar-refractivity contribution in [2.24, 2.45) is 0 Å². The largest absolute Gasteiger partial charge is 0.361 e. The van der Waals surface area contributed by atoms with E-state index >= 15 is 0 Å². The van der Waals surface area contributed by atoms with Crippen molar-refractivity contribution in [2.45, 2.75) is 104 Å². The number of aryl methyl sites for hydroxylation is 1. The minimum Gasteiger partial charge on any atom is -0.361 e. The summed E-state index contributed by atoms with van der Waals surface area (Å²) < 4.78 is 5.61. The van der Waals surface area contributed by atoms with Gasteiger partial charge in [-0.3, -0.25) is 0 Å². The summed E-state index contributed by atoms with van der Waals surface area (Å²) >= 11 is 0. The molecule has 0 spiro atoms. The van der Waals surface area contributed by atoms with E-state index in [4.69, 9.17) is 4.52 Å². The lowest BCUT2D eigenvalue weighted by atomic mass is 9.77. The third kappa shape index (κ3) is 6.67. The van der Waals surface area contributed by atoms with Crippen LogP contribution in [0.3, 0.4) is 0 Å². The zero-order chi connectivity index (χ0) is 15.6. The van der Waals surface area contributed by atoms with E-state index in [1.54, 1.807) is 0 Å². The highest BCUT2D eigenvalue weighted by Gasteiger charge is 2.29. The number of nitrogens with zero attached hydrogens (tertiary/aromatic N) is 1. The predicted molar refractivity (Wildman–Crippen MR) is 90.7 cm³/mol. The molecule has 0 aliphatic carbocycles. The molecular formula is C19H35NO. The number of unbranched alkanes of at least 4 members (excludes halogenated alkanes) is 7. The van der Waals surface area contributed by atoms with Crippen LogP contribution < -0.4 is 0 Å². The van der Waals surface area contributed by atoms with E-state index in [1.807, 2.05) is 6.92 Å². The predicted octanol–water partition coefficient (Wildman–Crippen LogP) is 6.57. The smallest absolute Gasteiger partial charge is 0.142 e. The Balaban J connectivity index is 2.52. The van der Waals surface area contributed by atoms with Crippen molar-refractivity contribution in [3.63, 3.8) is 0 Å². The van der Waals surface area contributed by atoms with Crippen LogP contribution in [0.1, 0.15) is 103 Å². The second-order valence-electron chi connectivity index (χ2n) is 6.87. The van der Waals surface area contributed by atoms with Gasteiger partial charge in [-0.05, 0) is 19.8 Å². The van der Waals surface area contributed by atoms with Gasteiger partial charge in [0.25, 0.3) is 0 Å². The first-order chi connectivity index (χ1) is 10.1. The summed E-state index contributed by atoms with van der Waals surface area (Å²) in [6, 6.07) is 2.14. The molecular weight excluding hydrogens is 258 g/mol. The molecule has 0 amide bonds. The molecule has 2 heteroatoms. The average molecular weight is 293 g/mol. The molecule has 0 aliphatic heterocycles. The van der Waals surface area contributed by atoms with E-state index < -0.39 is 0 Å². The van der Waals surface area contributed by atoms with E-state index in [0.717, 1.165) is 11.5 Å². The van der Waals surface area contributed by atoms with Crippen molar-refractivity contribution >= 4 is 0 Å². The molecule has 1 aromatic heterocycles. The van der Waals surface area contributed by atoms with E-state index in [-0.39, 0.29) is 5.41 Å². The Kier molecular flexibility index (Phi) is 8.72. The second kappa shape index (κ2) is 10.0. The molecule has 0 aliphatic rings. The fourth-order valence-electron chi connectivity index (χ4n) is 3.08. The number of hydrogen-bond acceptors (Lipinski definition) is 2. The monoisotopic (exact) mass is 293 g/mol. The van der Waals surface area contributed by atoms with Gasteiger partial charge in [-0.15, -0.1) is 0 Å². The SMILES string of the molecule is CCCCCCCC(C)(CCCCCC)c1cc(C)no1. The van der Waals surface area contributed by atoms with E-state index in [2.05, 4.69) is 32.0 Å². The van der Waals surface area contributed by atoms with E-state index in [0.29, 0.717) is 0 Å². The topological polar surface area (TPSA) is 26.0 Å². The highest BCUT2D eigenvalue weighted by atomic mass is 16.5.